The van der Waals surface area contributed by atoms with E-state index in [1.807, 2.05) is 12.4 Å². The smallest absolute Gasteiger partial charge is 0.0538 e. The second-order valence-corrected chi connectivity index (χ2v) is 6.32. The van der Waals surface area contributed by atoms with Gasteiger partial charge in [-0.05, 0) is 33.6 Å². The number of piperidine rings is 1. The first kappa shape index (κ1) is 14.3. The van der Waals surface area contributed by atoms with E-state index < -0.39 is 0 Å². The summed E-state index contributed by atoms with van der Waals surface area (Å²) in [5, 5.41) is 7.83. The van der Waals surface area contributed by atoms with E-state index in [1.54, 1.807) is 10.9 Å². The van der Waals surface area contributed by atoms with E-state index >= 15 is 0 Å². The monoisotopic (exact) mass is 262 g/mol. The Labute approximate surface area is 116 Å². The molecule has 1 saturated heterocycles. The molecular formula is C15H26N4. The van der Waals surface area contributed by atoms with Crippen LogP contribution in [0.1, 0.15) is 39.2 Å². The molecule has 2 heterocycles. The Bertz CT molecular complexity index is 408. The van der Waals surface area contributed by atoms with Crippen molar-refractivity contribution >= 4 is 6.20 Å². The van der Waals surface area contributed by atoms with E-state index in [1.165, 1.54) is 31.5 Å². The number of hydrogen-bond acceptors (Lipinski definition) is 3. The summed E-state index contributed by atoms with van der Waals surface area (Å²) in [4.78, 5) is 2.57. The van der Waals surface area contributed by atoms with E-state index in [2.05, 4.69) is 42.7 Å². The molecule has 2 rings (SSSR count). The molecule has 0 unspecified atom stereocenters. The van der Waals surface area contributed by atoms with Crippen LogP contribution in [0.4, 0.5) is 0 Å². The highest BCUT2D eigenvalue weighted by molar-refractivity contribution is 5.17. The highest BCUT2D eigenvalue weighted by Gasteiger charge is 2.26. The minimum absolute atomic E-state index is 0.302. The van der Waals surface area contributed by atoms with Gasteiger partial charge in [-0.25, -0.2) is 4.68 Å². The number of aromatic nitrogens is 2. The topological polar surface area (TPSA) is 33.1 Å². The van der Waals surface area contributed by atoms with Crippen molar-refractivity contribution in [2.75, 3.05) is 13.1 Å². The summed E-state index contributed by atoms with van der Waals surface area (Å²) in [6, 6.07) is 0.630. The molecule has 1 aliphatic rings. The average Bonchev–Trinajstić information content (AvgIpc) is 2.84. The maximum absolute atomic E-state index is 4.19. The van der Waals surface area contributed by atoms with Crippen molar-refractivity contribution in [2.24, 2.45) is 0 Å². The van der Waals surface area contributed by atoms with Crippen LogP contribution in [-0.4, -0.2) is 39.4 Å². The summed E-state index contributed by atoms with van der Waals surface area (Å²) in [5.41, 5.74) is 1.52. The summed E-state index contributed by atoms with van der Waals surface area (Å²) < 4.78 is 1.75. The number of hydrogen-bond donors (Lipinski definition) is 1. The van der Waals surface area contributed by atoms with Crippen molar-refractivity contribution in [2.45, 2.75) is 51.7 Å². The lowest BCUT2D eigenvalue weighted by atomic mass is 9.98. The molecule has 1 fully saturated rings. The molecule has 0 aromatic carbocycles. The summed E-state index contributed by atoms with van der Waals surface area (Å²) in [6.45, 7) is 13.9. The van der Waals surface area contributed by atoms with Crippen LogP contribution in [0.3, 0.4) is 0 Å². The average molecular weight is 262 g/mol. The Kier molecular flexibility index (Phi) is 4.42. The number of likely N-dealkylation sites (tertiary alicyclic amines) is 1. The van der Waals surface area contributed by atoms with Crippen LogP contribution in [-0.2, 0) is 6.54 Å². The van der Waals surface area contributed by atoms with Gasteiger partial charge < -0.3 is 5.32 Å². The van der Waals surface area contributed by atoms with Gasteiger partial charge in [-0.3, -0.25) is 4.90 Å². The lowest BCUT2D eigenvalue weighted by Gasteiger charge is -2.41. The zero-order valence-corrected chi connectivity index (χ0v) is 12.4. The number of nitrogens with one attached hydrogen (secondary N) is 1. The lowest BCUT2D eigenvalue weighted by molar-refractivity contribution is 0.0960. The van der Waals surface area contributed by atoms with Gasteiger partial charge in [-0.1, -0.05) is 6.58 Å². The highest BCUT2D eigenvalue weighted by Crippen LogP contribution is 2.20. The third-order valence-electron chi connectivity index (χ3n) is 3.88. The van der Waals surface area contributed by atoms with Crippen LogP contribution in [0.15, 0.2) is 19.0 Å². The number of rotatable bonds is 4. The highest BCUT2D eigenvalue weighted by atomic mass is 15.2. The van der Waals surface area contributed by atoms with Crippen molar-refractivity contribution < 1.29 is 0 Å². The Morgan fingerprint density at radius 2 is 2.11 bits per heavy atom. The maximum atomic E-state index is 4.19. The molecule has 1 aliphatic heterocycles. The zero-order chi connectivity index (χ0) is 13.9. The van der Waals surface area contributed by atoms with Crippen molar-refractivity contribution in [3.8, 4) is 0 Å². The lowest BCUT2D eigenvalue weighted by Crippen LogP contribution is -2.49. The first-order chi connectivity index (χ1) is 8.99. The molecule has 0 atom stereocenters. The molecule has 106 valence electrons. The molecule has 4 heteroatoms. The molecule has 0 radical (unpaired) electrons. The largest absolute Gasteiger partial charge is 0.310 e. The molecular weight excluding hydrogens is 236 g/mol. The van der Waals surface area contributed by atoms with E-state index in [0.29, 0.717) is 11.6 Å². The molecule has 4 nitrogen and oxygen atoms in total. The summed E-state index contributed by atoms with van der Waals surface area (Å²) >= 11 is 0. The first-order valence-electron chi connectivity index (χ1n) is 7.13. The quantitative estimate of drug-likeness (QED) is 0.904. The Balaban J connectivity index is 1.75. The van der Waals surface area contributed by atoms with E-state index in [0.717, 1.165) is 6.54 Å². The van der Waals surface area contributed by atoms with Crippen LogP contribution >= 0.6 is 0 Å². The Morgan fingerprint density at radius 3 is 2.63 bits per heavy atom. The van der Waals surface area contributed by atoms with Crippen molar-refractivity contribution in [1.29, 1.82) is 0 Å². The van der Waals surface area contributed by atoms with Gasteiger partial charge in [0.05, 0.1) is 6.20 Å². The van der Waals surface area contributed by atoms with Gasteiger partial charge >= 0.3 is 0 Å². The molecule has 0 amide bonds. The Morgan fingerprint density at radius 1 is 1.42 bits per heavy atom. The molecule has 1 N–H and O–H groups in total. The third kappa shape index (κ3) is 3.91. The molecule has 0 aliphatic carbocycles. The van der Waals surface area contributed by atoms with E-state index in [9.17, 15) is 0 Å². The van der Waals surface area contributed by atoms with Crippen molar-refractivity contribution in [1.82, 2.24) is 20.0 Å². The van der Waals surface area contributed by atoms with Gasteiger partial charge in [-0.15, -0.1) is 0 Å². The minimum Gasteiger partial charge on any atom is -0.310 e. The normalized spacial score (nSPS) is 18.7. The van der Waals surface area contributed by atoms with Gasteiger partial charge in [0.15, 0.2) is 0 Å². The molecule has 1 aromatic heterocycles. The molecule has 0 saturated carbocycles. The summed E-state index contributed by atoms with van der Waals surface area (Å²) in [6.07, 6.45) is 8.09. The Hall–Kier alpha value is -1.13. The standard InChI is InChI=1S/C15H26N4/c1-5-19-12-13(11-17-19)10-16-14-6-8-18(9-7-14)15(2,3)4/h5,11-12,14,16H,1,6-10H2,2-4H3. The van der Waals surface area contributed by atoms with Crippen molar-refractivity contribution in [3.05, 3.63) is 24.5 Å². The van der Waals surface area contributed by atoms with Crippen LogP contribution in [0.5, 0.6) is 0 Å². The summed E-state index contributed by atoms with van der Waals surface area (Å²) in [7, 11) is 0. The molecule has 19 heavy (non-hydrogen) atoms. The second kappa shape index (κ2) is 5.88. The van der Waals surface area contributed by atoms with Crippen LogP contribution in [0, 0.1) is 0 Å². The second-order valence-electron chi connectivity index (χ2n) is 6.32. The van der Waals surface area contributed by atoms with Crippen molar-refractivity contribution in [3.63, 3.8) is 0 Å². The van der Waals surface area contributed by atoms with E-state index in [-0.39, 0.29) is 0 Å². The number of nitrogens with zero attached hydrogens (tertiary/aromatic N) is 3. The maximum Gasteiger partial charge on any atom is 0.0538 e. The predicted molar refractivity (Wildman–Crippen MR) is 79.8 cm³/mol. The predicted octanol–water partition coefficient (Wildman–Crippen LogP) is 2.34. The summed E-state index contributed by atoms with van der Waals surface area (Å²) in [5.74, 6) is 0. The molecule has 0 spiro atoms. The van der Waals surface area contributed by atoms with Crippen LogP contribution in [0.2, 0.25) is 0 Å². The van der Waals surface area contributed by atoms with Gasteiger partial charge in [0.2, 0.25) is 0 Å². The van der Waals surface area contributed by atoms with Gasteiger partial charge in [0, 0.05) is 49.2 Å². The zero-order valence-electron chi connectivity index (χ0n) is 12.4. The minimum atomic E-state index is 0.302. The SMILES string of the molecule is C=Cn1cc(CNC2CCN(C(C)(C)C)CC2)cn1. The van der Waals surface area contributed by atoms with Gasteiger partial charge in [-0.2, -0.15) is 5.10 Å². The van der Waals surface area contributed by atoms with Crippen LogP contribution < -0.4 is 5.32 Å². The van der Waals surface area contributed by atoms with E-state index in [4.69, 9.17) is 0 Å². The molecule has 0 bridgehead atoms. The third-order valence-corrected chi connectivity index (χ3v) is 3.88. The fourth-order valence-electron chi connectivity index (χ4n) is 2.59. The van der Waals surface area contributed by atoms with Crippen LogP contribution in [0.25, 0.3) is 6.20 Å². The molecule has 1 aromatic rings. The first-order valence-corrected chi connectivity index (χ1v) is 7.13. The fraction of sp³-hybridized carbons (Fsp3) is 0.667. The fourth-order valence-corrected chi connectivity index (χ4v) is 2.59. The van der Waals surface area contributed by atoms with Gasteiger partial charge in [0.1, 0.15) is 0 Å². The van der Waals surface area contributed by atoms with Gasteiger partial charge in [0.25, 0.3) is 0 Å².